The van der Waals surface area contributed by atoms with Gasteiger partial charge in [0, 0.05) is 32.5 Å². The van der Waals surface area contributed by atoms with Crippen LogP contribution in [0.5, 0.6) is 0 Å². The summed E-state index contributed by atoms with van der Waals surface area (Å²) in [6, 6.07) is 0. The second-order valence-corrected chi connectivity index (χ2v) is 4.31. The third-order valence-electron chi connectivity index (χ3n) is 2.60. The highest BCUT2D eigenvalue weighted by Gasteiger charge is 2.10. The number of aromatic nitrogens is 2. The molecule has 1 heterocycles. The van der Waals surface area contributed by atoms with E-state index in [1.807, 2.05) is 14.0 Å². The van der Waals surface area contributed by atoms with Crippen LogP contribution in [-0.4, -0.2) is 34.4 Å². The second kappa shape index (κ2) is 6.39. The fraction of sp³-hybridized carbons (Fsp3) is 0.667. The molecule has 1 N–H and O–H groups in total. The van der Waals surface area contributed by atoms with Crippen LogP contribution in [0.4, 0.5) is 5.82 Å². The highest BCUT2D eigenvalue weighted by Crippen LogP contribution is 2.03. The Bertz CT molecular complexity index is 401. The Hall–Kier alpha value is -1.36. The highest BCUT2D eigenvalue weighted by atomic mass is 16.3. The Morgan fingerprint density at radius 3 is 2.88 bits per heavy atom. The zero-order chi connectivity index (χ0) is 12.8. The van der Waals surface area contributed by atoms with E-state index >= 15 is 0 Å². The molecule has 0 aliphatic heterocycles. The molecule has 1 unspecified atom stereocenters. The number of aryl methyl sites for hydroxylation is 1. The number of anilines is 1. The van der Waals surface area contributed by atoms with Gasteiger partial charge in [0.05, 0.1) is 6.10 Å². The zero-order valence-corrected chi connectivity index (χ0v) is 10.8. The molecule has 96 valence electrons. The van der Waals surface area contributed by atoms with E-state index in [2.05, 4.69) is 4.98 Å². The van der Waals surface area contributed by atoms with E-state index in [1.165, 1.54) is 0 Å². The highest BCUT2D eigenvalue weighted by molar-refractivity contribution is 5.34. The Morgan fingerprint density at radius 1 is 1.59 bits per heavy atom. The van der Waals surface area contributed by atoms with Gasteiger partial charge in [-0.05, 0) is 19.8 Å². The van der Waals surface area contributed by atoms with Gasteiger partial charge in [-0.3, -0.25) is 4.79 Å². The van der Waals surface area contributed by atoms with Crippen LogP contribution in [0.15, 0.2) is 17.2 Å². The predicted octanol–water partition coefficient (Wildman–Crippen LogP) is 0.860. The topological polar surface area (TPSA) is 58.4 Å². The van der Waals surface area contributed by atoms with Gasteiger partial charge in [0.1, 0.15) is 0 Å². The number of aliphatic hydroxyl groups is 1. The molecule has 0 radical (unpaired) electrons. The summed E-state index contributed by atoms with van der Waals surface area (Å²) in [5.74, 6) is 0.446. The summed E-state index contributed by atoms with van der Waals surface area (Å²) >= 11 is 0. The molecule has 0 aromatic carbocycles. The van der Waals surface area contributed by atoms with Crippen LogP contribution in [0, 0.1) is 0 Å². The third kappa shape index (κ3) is 3.85. The van der Waals surface area contributed by atoms with E-state index in [4.69, 9.17) is 0 Å². The molecule has 0 aliphatic rings. The minimum absolute atomic E-state index is 0.0672. The van der Waals surface area contributed by atoms with Crippen LogP contribution >= 0.6 is 0 Å². The van der Waals surface area contributed by atoms with Gasteiger partial charge in [-0.1, -0.05) is 6.92 Å². The van der Waals surface area contributed by atoms with Gasteiger partial charge in [0.15, 0.2) is 5.82 Å². The standard InChI is InChI=1S/C12H21N3O2/c1-4-7-15-9-6-13-11(12(15)17)14(3)8-5-10(2)16/h6,9-10,16H,4-5,7-8H2,1-3H3. The number of hydrogen-bond donors (Lipinski definition) is 1. The summed E-state index contributed by atoms with van der Waals surface area (Å²) in [5.41, 5.74) is -0.0672. The Labute approximate surface area is 102 Å². The van der Waals surface area contributed by atoms with Crippen molar-refractivity contribution in [2.45, 2.75) is 39.3 Å². The molecule has 0 spiro atoms. The lowest BCUT2D eigenvalue weighted by atomic mass is 10.3. The van der Waals surface area contributed by atoms with Crippen molar-refractivity contribution in [3.8, 4) is 0 Å². The lowest BCUT2D eigenvalue weighted by Crippen LogP contribution is -2.32. The summed E-state index contributed by atoms with van der Waals surface area (Å²) in [4.78, 5) is 17.9. The van der Waals surface area contributed by atoms with E-state index in [0.717, 1.165) is 6.42 Å². The van der Waals surface area contributed by atoms with Gasteiger partial charge in [-0.2, -0.15) is 0 Å². The van der Waals surface area contributed by atoms with Crippen molar-refractivity contribution in [2.24, 2.45) is 0 Å². The maximum atomic E-state index is 12.0. The molecule has 17 heavy (non-hydrogen) atoms. The smallest absolute Gasteiger partial charge is 0.293 e. The first kappa shape index (κ1) is 13.7. The lowest BCUT2D eigenvalue weighted by Gasteiger charge is -2.18. The maximum absolute atomic E-state index is 12.0. The Morgan fingerprint density at radius 2 is 2.29 bits per heavy atom. The number of rotatable bonds is 6. The third-order valence-corrected chi connectivity index (χ3v) is 2.60. The fourth-order valence-electron chi connectivity index (χ4n) is 1.60. The average molecular weight is 239 g/mol. The van der Waals surface area contributed by atoms with Gasteiger partial charge in [0.2, 0.25) is 0 Å². The molecule has 5 heteroatoms. The average Bonchev–Trinajstić information content (AvgIpc) is 2.29. The van der Waals surface area contributed by atoms with Crippen LogP contribution in [0.3, 0.4) is 0 Å². The van der Waals surface area contributed by atoms with Crippen LogP contribution in [0.2, 0.25) is 0 Å². The number of nitrogens with zero attached hydrogens (tertiary/aromatic N) is 3. The monoisotopic (exact) mass is 239 g/mol. The molecule has 1 aromatic heterocycles. The van der Waals surface area contributed by atoms with Crippen LogP contribution in [0.25, 0.3) is 0 Å². The van der Waals surface area contributed by atoms with E-state index < -0.39 is 0 Å². The largest absolute Gasteiger partial charge is 0.393 e. The van der Waals surface area contributed by atoms with Crippen LogP contribution < -0.4 is 10.5 Å². The van der Waals surface area contributed by atoms with Crippen molar-refractivity contribution < 1.29 is 5.11 Å². The van der Waals surface area contributed by atoms with Crippen LogP contribution in [0.1, 0.15) is 26.7 Å². The molecule has 5 nitrogen and oxygen atoms in total. The molecule has 0 saturated heterocycles. The molecule has 1 atom stereocenters. The predicted molar refractivity (Wildman–Crippen MR) is 68.4 cm³/mol. The Balaban J connectivity index is 2.83. The molecule has 1 rings (SSSR count). The van der Waals surface area contributed by atoms with Crippen molar-refractivity contribution in [3.05, 3.63) is 22.7 Å². The van der Waals surface area contributed by atoms with Gasteiger partial charge in [-0.15, -0.1) is 0 Å². The van der Waals surface area contributed by atoms with Crippen molar-refractivity contribution in [1.82, 2.24) is 9.55 Å². The summed E-state index contributed by atoms with van der Waals surface area (Å²) in [6.45, 7) is 5.10. The summed E-state index contributed by atoms with van der Waals surface area (Å²) in [5, 5.41) is 9.23. The summed E-state index contributed by atoms with van der Waals surface area (Å²) in [7, 11) is 1.82. The van der Waals surface area contributed by atoms with Crippen molar-refractivity contribution in [1.29, 1.82) is 0 Å². The van der Waals surface area contributed by atoms with Crippen LogP contribution in [-0.2, 0) is 6.54 Å². The van der Waals surface area contributed by atoms with Gasteiger partial charge < -0.3 is 14.6 Å². The second-order valence-electron chi connectivity index (χ2n) is 4.31. The molecule has 0 saturated carbocycles. The molecule has 0 fully saturated rings. The normalized spacial score (nSPS) is 12.5. The summed E-state index contributed by atoms with van der Waals surface area (Å²) < 4.78 is 1.67. The van der Waals surface area contributed by atoms with Gasteiger partial charge >= 0.3 is 0 Å². The minimum Gasteiger partial charge on any atom is -0.393 e. The first-order valence-corrected chi connectivity index (χ1v) is 6.01. The summed E-state index contributed by atoms with van der Waals surface area (Å²) in [6.07, 6.45) is 4.53. The van der Waals surface area contributed by atoms with Crippen molar-refractivity contribution >= 4 is 5.82 Å². The molecule has 0 aliphatic carbocycles. The van der Waals surface area contributed by atoms with E-state index in [-0.39, 0.29) is 11.7 Å². The van der Waals surface area contributed by atoms with Gasteiger partial charge in [-0.25, -0.2) is 4.98 Å². The molecule has 0 amide bonds. The first-order valence-electron chi connectivity index (χ1n) is 6.01. The minimum atomic E-state index is -0.362. The quantitative estimate of drug-likeness (QED) is 0.800. The fourth-order valence-corrected chi connectivity index (χ4v) is 1.60. The maximum Gasteiger partial charge on any atom is 0.293 e. The number of aliphatic hydroxyl groups excluding tert-OH is 1. The Kier molecular flexibility index (Phi) is 5.15. The number of hydrogen-bond acceptors (Lipinski definition) is 4. The molecular formula is C12H21N3O2. The molecule has 1 aromatic rings. The van der Waals surface area contributed by atoms with E-state index in [1.54, 1.807) is 28.8 Å². The first-order chi connectivity index (χ1) is 8.06. The van der Waals surface area contributed by atoms with Crippen molar-refractivity contribution in [3.63, 3.8) is 0 Å². The SMILES string of the molecule is CCCn1ccnc(N(C)CCC(C)O)c1=O. The van der Waals surface area contributed by atoms with E-state index in [0.29, 0.717) is 25.3 Å². The van der Waals surface area contributed by atoms with Gasteiger partial charge in [0.25, 0.3) is 5.56 Å². The zero-order valence-electron chi connectivity index (χ0n) is 10.8. The van der Waals surface area contributed by atoms with E-state index in [9.17, 15) is 9.90 Å². The van der Waals surface area contributed by atoms with Crippen molar-refractivity contribution in [2.75, 3.05) is 18.5 Å². The molecule has 0 bridgehead atoms. The lowest BCUT2D eigenvalue weighted by molar-refractivity contribution is 0.186. The molecular weight excluding hydrogens is 218 g/mol.